The Hall–Kier alpha value is -2.62. The molecule has 1 aliphatic heterocycles. The molecule has 2 amide bonds. The number of rotatable bonds is 4. The van der Waals surface area contributed by atoms with E-state index >= 15 is 0 Å². The minimum Gasteiger partial charge on any atom is -0.351 e. The molecule has 1 heterocycles. The zero-order valence-electron chi connectivity index (χ0n) is 15.0. The van der Waals surface area contributed by atoms with Crippen LogP contribution in [0.4, 0.5) is 5.69 Å². The molecule has 0 aromatic heterocycles. The Morgan fingerprint density at radius 3 is 2.64 bits per heavy atom. The highest BCUT2D eigenvalue weighted by atomic mass is 16.2. The molecular weight excluding hydrogens is 312 g/mol. The van der Waals surface area contributed by atoms with Crippen molar-refractivity contribution >= 4 is 17.5 Å². The van der Waals surface area contributed by atoms with Crippen molar-refractivity contribution in [3.05, 3.63) is 64.7 Å². The van der Waals surface area contributed by atoms with Gasteiger partial charge in [0, 0.05) is 18.7 Å². The lowest BCUT2D eigenvalue weighted by Crippen LogP contribution is -2.38. The minimum absolute atomic E-state index is 0.0367. The van der Waals surface area contributed by atoms with E-state index in [1.807, 2.05) is 56.3 Å². The fourth-order valence-corrected chi connectivity index (χ4v) is 3.23. The van der Waals surface area contributed by atoms with Gasteiger partial charge in [0.15, 0.2) is 0 Å². The lowest BCUT2D eigenvalue weighted by molar-refractivity contribution is -0.121. The van der Waals surface area contributed by atoms with Crippen LogP contribution in [0, 0.1) is 20.8 Å². The van der Waals surface area contributed by atoms with Gasteiger partial charge in [0.1, 0.15) is 0 Å². The highest BCUT2D eigenvalue weighted by Gasteiger charge is 2.31. The maximum atomic E-state index is 12.3. The number of benzene rings is 2. The summed E-state index contributed by atoms with van der Waals surface area (Å²) in [7, 11) is 0. The molecule has 0 aliphatic carbocycles. The van der Waals surface area contributed by atoms with Crippen LogP contribution in [0.1, 0.15) is 28.7 Å². The van der Waals surface area contributed by atoms with Crippen LogP contribution in [0.25, 0.3) is 0 Å². The van der Waals surface area contributed by atoms with Crippen molar-refractivity contribution in [2.75, 3.05) is 11.4 Å². The van der Waals surface area contributed by atoms with E-state index in [2.05, 4.69) is 12.2 Å². The van der Waals surface area contributed by atoms with E-state index in [-0.39, 0.29) is 17.9 Å². The predicted octanol–water partition coefficient (Wildman–Crippen LogP) is 3.08. The first-order valence-corrected chi connectivity index (χ1v) is 8.65. The van der Waals surface area contributed by atoms with E-state index in [0.717, 1.165) is 22.4 Å². The number of aryl methyl sites for hydroxylation is 3. The largest absolute Gasteiger partial charge is 0.351 e. The lowest BCUT2D eigenvalue weighted by atomic mass is 10.1. The molecule has 1 aliphatic rings. The van der Waals surface area contributed by atoms with Crippen LogP contribution in [0.5, 0.6) is 0 Å². The van der Waals surface area contributed by atoms with Gasteiger partial charge in [0.25, 0.3) is 0 Å². The van der Waals surface area contributed by atoms with E-state index in [1.54, 1.807) is 4.90 Å². The highest BCUT2D eigenvalue weighted by Crippen LogP contribution is 2.24. The third-order valence-electron chi connectivity index (χ3n) is 4.74. The van der Waals surface area contributed by atoms with Crippen molar-refractivity contribution in [1.82, 2.24) is 5.32 Å². The summed E-state index contributed by atoms with van der Waals surface area (Å²) in [5, 5.41) is 3.00. The summed E-state index contributed by atoms with van der Waals surface area (Å²) in [6, 6.07) is 13.8. The van der Waals surface area contributed by atoms with Gasteiger partial charge in [-0.3, -0.25) is 9.59 Å². The Balaban J connectivity index is 1.62. The third-order valence-corrected chi connectivity index (χ3v) is 4.74. The van der Waals surface area contributed by atoms with Crippen LogP contribution in [0.15, 0.2) is 42.5 Å². The minimum atomic E-state index is -0.133. The Morgan fingerprint density at radius 2 is 1.92 bits per heavy atom. The second-order valence-electron chi connectivity index (χ2n) is 6.91. The van der Waals surface area contributed by atoms with E-state index in [0.29, 0.717) is 19.4 Å². The van der Waals surface area contributed by atoms with Gasteiger partial charge in [-0.05, 0) is 49.6 Å². The number of carbonyl (C=O) groups excluding carboxylic acids is 2. The number of nitrogens with one attached hydrogen (secondary N) is 1. The molecule has 1 atom stereocenters. The molecule has 130 valence electrons. The van der Waals surface area contributed by atoms with Gasteiger partial charge in [0.2, 0.25) is 11.8 Å². The van der Waals surface area contributed by atoms with E-state index < -0.39 is 0 Å². The third kappa shape index (κ3) is 4.08. The van der Waals surface area contributed by atoms with Crippen molar-refractivity contribution in [3.8, 4) is 0 Å². The summed E-state index contributed by atoms with van der Waals surface area (Å²) in [4.78, 5) is 26.4. The molecule has 1 saturated heterocycles. The normalized spacial score (nSPS) is 17.0. The van der Waals surface area contributed by atoms with Crippen LogP contribution in [-0.2, 0) is 16.0 Å². The average Bonchev–Trinajstić information content (AvgIpc) is 2.90. The van der Waals surface area contributed by atoms with E-state index in [4.69, 9.17) is 0 Å². The van der Waals surface area contributed by atoms with Gasteiger partial charge >= 0.3 is 0 Å². The van der Waals surface area contributed by atoms with Crippen molar-refractivity contribution in [3.63, 3.8) is 0 Å². The number of nitrogens with zero attached hydrogens (tertiary/aromatic N) is 1. The standard InChI is InChI=1S/C21H24N2O2/c1-14-5-4-6-17(9-14)11-20(24)22-18-12-21(25)23(13-18)19-8-7-15(2)16(3)10-19/h4-10,18H,11-13H2,1-3H3,(H,22,24). The Morgan fingerprint density at radius 1 is 1.12 bits per heavy atom. The molecule has 25 heavy (non-hydrogen) atoms. The Labute approximate surface area is 148 Å². The van der Waals surface area contributed by atoms with Gasteiger partial charge < -0.3 is 10.2 Å². The first-order valence-electron chi connectivity index (χ1n) is 8.65. The molecule has 0 saturated carbocycles. The summed E-state index contributed by atoms with van der Waals surface area (Å²) in [5.41, 5.74) is 5.41. The van der Waals surface area contributed by atoms with Gasteiger partial charge in [-0.15, -0.1) is 0 Å². The van der Waals surface area contributed by atoms with Gasteiger partial charge in [-0.2, -0.15) is 0 Å². The first kappa shape index (κ1) is 17.2. The molecular formula is C21H24N2O2. The van der Waals surface area contributed by atoms with Crippen molar-refractivity contribution in [2.45, 2.75) is 39.7 Å². The Bertz CT molecular complexity index is 813. The average molecular weight is 336 g/mol. The zero-order chi connectivity index (χ0) is 18.0. The summed E-state index contributed by atoms with van der Waals surface area (Å²) in [5.74, 6) is 0.0226. The summed E-state index contributed by atoms with van der Waals surface area (Å²) in [6.45, 7) is 6.64. The van der Waals surface area contributed by atoms with Crippen LogP contribution in [-0.4, -0.2) is 24.4 Å². The second kappa shape index (κ2) is 7.09. The SMILES string of the molecule is Cc1cccc(CC(=O)NC2CC(=O)N(c3ccc(C)c(C)c3)C2)c1. The molecule has 1 fully saturated rings. The molecule has 1 unspecified atom stereocenters. The lowest BCUT2D eigenvalue weighted by Gasteiger charge is -2.18. The number of amides is 2. The zero-order valence-corrected chi connectivity index (χ0v) is 15.0. The summed E-state index contributed by atoms with van der Waals surface area (Å²) < 4.78 is 0. The summed E-state index contributed by atoms with van der Waals surface area (Å²) >= 11 is 0. The smallest absolute Gasteiger partial charge is 0.229 e. The van der Waals surface area contributed by atoms with Gasteiger partial charge in [0.05, 0.1) is 12.5 Å². The Kier molecular flexibility index (Phi) is 4.88. The van der Waals surface area contributed by atoms with Crippen LogP contribution in [0.3, 0.4) is 0 Å². The van der Waals surface area contributed by atoms with Gasteiger partial charge in [-0.1, -0.05) is 35.9 Å². The fraction of sp³-hybridized carbons (Fsp3) is 0.333. The van der Waals surface area contributed by atoms with Crippen molar-refractivity contribution in [2.24, 2.45) is 0 Å². The van der Waals surface area contributed by atoms with E-state index in [1.165, 1.54) is 5.56 Å². The molecule has 1 N–H and O–H groups in total. The maximum absolute atomic E-state index is 12.3. The number of anilines is 1. The molecule has 4 nitrogen and oxygen atoms in total. The molecule has 3 rings (SSSR count). The van der Waals surface area contributed by atoms with Crippen LogP contribution < -0.4 is 10.2 Å². The highest BCUT2D eigenvalue weighted by molar-refractivity contribution is 5.97. The maximum Gasteiger partial charge on any atom is 0.229 e. The predicted molar refractivity (Wildman–Crippen MR) is 99.7 cm³/mol. The van der Waals surface area contributed by atoms with Crippen molar-refractivity contribution in [1.29, 1.82) is 0 Å². The molecule has 4 heteroatoms. The quantitative estimate of drug-likeness (QED) is 0.933. The topological polar surface area (TPSA) is 49.4 Å². The van der Waals surface area contributed by atoms with Crippen LogP contribution >= 0.6 is 0 Å². The van der Waals surface area contributed by atoms with E-state index in [9.17, 15) is 9.59 Å². The van der Waals surface area contributed by atoms with Crippen molar-refractivity contribution < 1.29 is 9.59 Å². The molecule has 0 spiro atoms. The first-order chi connectivity index (χ1) is 11.9. The number of hydrogen-bond acceptors (Lipinski definition) is 2. The fourth-order valence-electron chi connectivity index (χ4n) is 3.23. The molecule has 0 radical (unpaired) electrons. The summed E-state index contributed by atoms with van der Waals surface area (Å²) in [6.07, 6.45) is 0.697. The monoisotopic (exact) mass is 336 g/mol. The molecule has 0 bridgehead atoms. The molecule has 2 aromatic rings. The van der Waals surface area contributed by atoms with Crippen LogP contribution in [0.2, 0.25) is 0 Å². The molecule has 2 aromatic carbocycles. The second-order valence-corrected chi connectivity index (χ2v) is 6.91. The number of hydrogen-bond donors (Lipinski definition) is 1. The number of carbonyl (C=O) groups is 2. The van der Waals surface area contributed by atoms with Gasteiger partial charge in [-0.25, -0.2) is 0 Å².